The van der Waals surface area contributed by atoms with E-state index in [1.54, 1.807) is 18.2 Å². The van der Waals surface area contributed by atoms with Gasteiger partial charge in [-0.3, -0.25) is 0 Å². The Balaban J connectivity index is 2.25. The van der Waals surface area contributed by atoms with Crippen LogP contribution in [0.5, 0.6) is 0 Å². The number of thiocarbonyl (C=S) groups is 1. The summed E-state index contributed by atoms with van der Waals surface area (Å²) in [6.45, 7) is 3.90. The van der Waals surface area contributed by atoms with Crippen molar-refractivity contribution in [2.24, 2.45) is 11.7 Å². The first-order valence-corrected chi connectivity index (χ1v) is 8.63. The van der Waals surface area contributed by atoms with Crippen molar-refractivity contribution < 1.29 is 8.42 Å². The Kier molecular flexibility index (Phi) is 4.46. The Labute approximate surface area is 125 Å². The van der Waals surface area contributed by atoms with Gasteiger partial charge in [0.15, 0.2) is 0 Å². The number of benzene rings is 1. The molecule has 0 saturated heterocycles. The maximum absolute atomic E-state index is 12.4. The van der Waals surface area contributed by atoms with Crippen LogP contribution in [0.2, 0.25) is 0 Å². The van der Waals surface area contributed by atoms with Crippen molar-refractivity contribution in [3.05, 3.63) is 29.3 Å². The molecule has 1 aromatic carbocycles. The number of hydrogen-bond acceptors (Lipinski definition) is 3. The second-order valence-electron chi connectivity index (χ2n) is 5.48. The molecular formula is C14H20N2O2S2. The van der Waals surface area contributed by atoms with Crippen LogP contribution in [0, 0.1) is 12.8 Å². The van der Waals surface area contributed by atoms with E-state index in [2.05, 4.69) is 11.6 Å². The third-order valence-electron chi connectivity index (χ3n) is 3.94. The molecule has 2 atom stereocenters. The topological polar surface area (TPSA) is 72.2 Å². The van der Waals surface area contributed by atoms with E-state index in [1.807, 2.05) is 6.92 Å². The molecule has 1 aromatic rings. The fourth-order valence-electron chi connectivity index (χ4n) is 2.67. The van der Waals surface area contributed by atoms with Gasteiger partial charge >= 0.3 is 0 Å². The summed E-state index contributed by atoms with van der Waals surface area (Å²) in [5.41, 5.74) is 7.08. The average Bonchev–Trinajstić information content (AvgIpc) is 2.73. The molecule has 0 radical (unpaired) electrons. The smallest absolute Gasteiger partial charge is 0.240 e. The zero-order valence-electron chi connectivity index (χ0n) is 11.7. The highest BCUT2D eigenvalue weighted by Gasteiger charge is 2.28. The van der Waals surface area contributed by atoms with Crippen molar-refractivity contribution in [2.75, 3.05) is 0 Å². The summed E-state index contributed by atoms with van der Waals surface area (Å²) in [6.07, 6.45) is 3.06. The van der Waals surface area contributed by atoms with E-state index in [0.717, 1.165) is 24.8 Å². The van der Waals surface area contributed by atoms with Gasteiger partial charge in [0.2, 0.25) is 10.0 Å². The largest absolute Gasteiger partial charge is 0.389 e. The van der Waals surface area contributed by atoms with E-state index < -0.39 is 10.0 Å². The molecule has 6 heteroatoms. The zero-order valence-corrected chi connectivity index (χ0v) is 13.4. The normalized spacial score (nSPS) is 22.9. The van der Waals surface area contributed by atoms with E-state index in [-0.39, 0.29) is 15.9 Å². The quantitative estimate of drug-likeness (QED) is 0.835. The van der Waals surface area contributed by atoms with Crippen LogP contribution in [-0.4, -0.2) is 19.4 Å². The number of aryl methyl sites for hydroxylation is 1. The van der Waals surface area contributed by atoms with Gasteiger partial charge in [-0.2, -0.15) is 0 Å². The summed E-state index contributed by atoms with van der Waals surface area (Å²) in [7, 11) is -3.48. The van der Waals surface area contributed by atoms with E-state index in [4.69, 9.17) is 18.0 Å². The molecule has 1 aliphatic rings. The molecule has 0 aromatic heterocycles. The van der Waals surface area contributed by atoms with Crippen molar-refractivity contribution in [2.45, 2.75) is 44.0 Å². The van der Waals surface area contributed by atoms with E-state index in [1.165, 1.54) is 0 Å². The molecule has 0 spiro atoms. The molecule has 1 saturated carbocycles. The van der Waals surface area contributed by atoms with Crippen LogP contribution in [0.25, 0.3) is 0 Å². The summed E-state index contributed by atoms with van der Waals surface area (Å²) >= 11 is 4.93. The van der Waals surface area contributed by atoms with Gasteiger partial charge in [0.1, 0.15) is 4.99 Å². The van der Waals surface area contributed by atoms with Crippen LogP contribution < -0.4 is 10.5 Å². The number of nitrogens with two attached hydrogens (primary N) is 1. The molecule has 0 heterocycles. The van der Waals surface area contributed by atoms with Crippen LogP contribution in [0.3, 0.4) is 0 Å². The lowest BCUT2D eigenvalue weighted by Crippen LogP contribution is -2.36. The number of nitrogens with one attached hydrogen (secondary N) is 1. The minimum absolute atomic E-state index is 0.0376. The molecule has 0 aliphatic heterocycles. The van der Waals surface area contributed by atoms with Crippen molar-refractivity contribution in [1.82, 2.24) is 4.72 Å². The third kappa shape index (κ3) is 3.19. The van der Waals surface area contributed by atoms with Gasteiger partial charge < -0.3 is 5.73 Å². The average molecular weight is 312 g/mol. The van der Waals surface area contributed by atoms with E-state index in [9.17, 15) is 8.42 Å². The van der Waals surface area contributed by atoms with Gasteiger partial charge in [0.05, 0.1) is 4.90 Å². The lowest BCUT2D eigenvalue weighted by Gasteiger charge is -2.18. The fourth-order valence-corrected chi connectivity index (χ4v) is 4.36. The van der Waals surface area contributed by atoms with Crippen LogP contribution in [-0.2, 0) is 10.0 Å². The molecule has 20 heavy (non-hydrogen) atoms. The molecule has 3 N–H and O–H groups in total. The van der Waals surface area contributed by atoms with Gasteiger partial charge in [-0.05, 0) is 43.4 Å². The third-order valence-corrected chi connectivity index (χ3v) is 5.65. The first kappa shape index (κ1) is 15.4. The van der Waals surface area contributed by atoms with Gasteiger partial charge in [0, 0.05) is 11.6 Å². The van der Waals surface area contributed by atoms with Crippen LogP contribution in [0.15, 0.2) is 23.1 Å². The lowest BCUT2D eigenvalue weighted by atomic mass is 10.1. The number of sulfonamides is 1. The van der Waals surface area contributed by atoms with Gasteiger partial charge in [-0.1, -0.05) is 31.6 Å². The first-order chi connectivity index (χ1) is 9.31. The van der Waals surface area contributed by atoms with E-state index >= 15 is 0 Å². The predicted octanol–water partition coefficient (Wildman–Crippen LogP) is 2.10. The van der Waals surface area contributed by atoms with Crippen LogP contribution in [0.1, 0.15) is 37.3 Å². The zero-order chi connectivity index (χ0) is 14.9. The maximum atomic E-state index is 12.4. The molecule has 2 unspecified atom stereocenters. The van der Waals surface area contributed by atoms with Gasteiger partial charge in [-0.25, -0.2) is 13.1 Å². The highest BCUT2D eigenvalue weighted by Crippen LogP contribution is 2.26. The van der Waals surface area contributed by atoms with Gasteiger partial charge in [0.25, 0.3) is 0 Å². The lowest BCUT2D eigenvalue weighted by molar-refractivity contribution is 0.476. The molecule has 0 amide bonds. The molecule has 1 fully saturated rings. The Hall–Kier alpha value is -0.980. The van der Waals surface area contributed by atoms with Crippen molar-refractivity contribution in [3.8, 4) is 0 Å². The van der Waals surface area contributed by atoms with Crippen molar-refractivity contribution >= 4 is 27.2 Å². The van der Waals surface area contributed by atoms with Crippen molar-refractivity contribution in [3.63, 3.8) is 0 Å². The molecule has 0 bridgehead atoms. The minimum atomic E-state index is -3.48. The molecular weight excluding hydrogens is 292 g/mol. The molecule has 110 valence electrons. The summed E-state index contributed by atoms with van der Waals surface area (Å²) in [6, 6.07) is 4.89. The SMILES string of the molecule is Cc1cc(S(=O)(=O)NC2CCCC2C)ccc1C(N)=S. The second kappa shape index (κ2) is 5.79. The maximum Gasteiger partial charge on any atom is 0.240 e. The fraction of sp³-hybridized carbons (Fsp3) is 0.500. The summed E-state index contributed by atoms with van der Waals surface area (Å²) in [4.78, 5) is 0.554. The standard InChI is InChI=1S/C14H20N2O2S2/c1-9-4-3-5-13(9)16-20(17,18)11-6-7-12(14(15)19)10(2)8-11/h6-9,13,16H,3-5H2,1-2H3,(H2,15,19). The predicted molar refractivity (Wildman–Crippen MR) is 84.2 cm³/mol. The Morgan fingerprint density at radius 2 is 2.10 bits per heavy atom. The molecule has 1 aliphatic carbocycles. The summed E-state index contributed by atoms with van der Waals surface area (Å²) in [5.74, 6) is 0.391. The van der Waals surface area contributed by atoms with Gasteiger partial charge in [-0.15, -0.1) is 0 Å². The van der Waals surface area contributed by atoms with Crippen molar-refractivity contribution in [1.29, 1.82) is 0 Å². The number of rotatable bonds is 4. The van der Waals surface area contributed by atoms with Crippen LogP contribution in [0.4, 0.5) is 0 Å². The minimum Gasteiger partial charge on any atom is -0.389 e. The molecule has 4 nitrogen and oxygen atoms in total. The summed E-state index contributed by atoms with van der Waals surface area (Å²) in [5, 5.41) is 0. The Morgan fingerprint density at radius 1 is 1.40 bits per heavy atom. The van der Waals surface area contributed by atoms with E-state index in [0.29, 0.717) is 11.5 Å². The Bertz CT molecular complexity index is 626. The monoisotopic (exact) mass is 312 g/mol. The number of hydrogen-bond donors (Lipinski definition) is 2. The van der Waals surface area contributed by atoms with Crippen LogP contribution >= 0.6 is 12.2 Å². The highest BCUT2D eigenvalue weighted by molar-refractivity contribution is 7.89. The highest BCUT2D eigenvalue weighted by atomic mass is 32.2. The molecule has 2 rings (SSSR count). The second-order valence-corrected chi connectivity index (χ2v) is 7.63. The first-order valence-electron chi connectivity index (χ1n) is 6.74. The summed E-state index contributed by atoms with van der Waals surface area (Å²) < 4.78 is 27.6. The Morgan fingerprint density at radius 3 is 2.60 bits per heavy atom.